The van der Waals surface area contributed by atoms with Gasteiger partial charge in [-0.1, -0.05) is 12.1 Å². The lowest BCUT2D eigenvalue weighted by Gasteiger charge is -2.10. The zero-order chi connectivity index (χ0) is 23.2. The van der Waals surface area contributed by atoms with Crippen molar-refractivity contribution in [2.24, 2.45) is 0 Å². The number of ether oxygens (including phenoxy) is 3. The van der Waals surface area contributed by atoms with Gasteiger partial charge in [-0.2, -0.15) is 9.67 Å². The minimum absolute atomic E-state index is 0.124. The maximum Gasteiger partial charge on any atom is 0.254 e. The number of aromatic nitrogens is 3. The predicted octanol–water partition coefficient (Wildman–Crippen LogP) is 4.53. The lowest BCUT2D eigenvalue weighted by Crippen LogP contribution is -2.18. The van der Waals surface area contributed by atoms with Gasteiger partial charge in [-0.05, 0) is 53.4 Å². The van der Waals surface area contributed by atoms with Crippen LogP contribution in [0.25, 0.3) is 11.4 Å². The summed E-state index contributed by atoms with van der Waals surface area (Å²) >= 11 is 1.63. The average Bonchev–Trinajstić information content (AvgIpc) is 3.53. The lowest BCUT2D eigenvalue weighted by molar-refractivity contribution is 0.0901. The first-order valence-electron chi connectivity index (χ1n) is 10.2. The summed E-state index contributed by atoms with van der Waals surface area (Å²) in [5.74, 6) is 2.53. The van der Waals surface area contributed by atoms with Crippen LogP contribution < -0.4 is 19.5 Å². The van der Waals surface area contributed by atoms with Gasteiger partial charge in [-0.15, -0.1) is 16.4 Å². The summed E-state index contributed by atoms with van der Waals surface area (Å²) < 4.78 is 17.2. The third-order valence-corrected chi connectivity index (χ3v) is 5.87. The van der Waals surface area contributed by atoms with Gasteiger partial charge < -0.3 is 19.5 Å². The molecular formula is C24H24N4O4S. The van der Waals surface area contributed by atoms with Crippen LogP contribution in [-0.4, -0.2) is 42.0 Å². The van der Waals surface area contributed by atoms with Crippen LogP contribution in [0.5, 0.6) is 17.2 Å². The number of nitrogens with zero attached hydrogens (tertiary/aromatic N) is 3. The van der Waals surface area contributed by atoms with E-state index < -0.39 is 0 Å². The highest BCUT2D eigenvalue weighted by Crippen LogP contribution is 2.28. The number of methoxy groups -OCH3 is 3. The van der Waals surface area contributed by atoms with Crippen LogP contribution in [-0.2, 0) is 13.0 Å². The van der Waals surface area contributed by atoms with Gasteiger partial charge in [0.25, 0.3) is 5.91 Å². The highest BCUT2D eigenvalue weighted by atomic mass is 32.1. The van der Waals surface area contributed by atoms with E-state index in [1.54, 1.807) is 44.8 Å². The molecule has 8 nitrogen and oxygen atoms in total. The Balaban J connectivity index is 1.62. The molecule has 0 fully saturated rings. The van der Waals surface area contributed by atoms with Crippen molar-refractivity contribution in [3.63, 3.8) is 0 Å². The lowest BCUT2D eigenvalue weighted by atomic mass is 10.1. The summed E-state index contributed by atoms with van der Waals surface area (Å²) in [6.07, 6.45) is 0.124. The summed E-state index contributed by atoms with van der Waals surface area (Å²) in [6.45, 7) is 0.544. The molecule has 0 unspecified atom stereocenters. The molecule has 0 aliphatic rings. The number of carbonyl (C=O) groups excluding carboxylic acids is 1. The van der Waals surface area contributed by atoms with Crippen molar-refractivity contribution in [3.8, 4) is 28.6 Å². The summed E-state index contributed by atoms with van der Waals surface area (Å²) in [4.78, 5) is 19.0. The van der Waals surface area contributed by atoms with Gasteiger partial charge in [0.05, 0.1) is 34.3 Å². The zero-order valence-corrected chi connectivity index (χ0v) is 19.4. The van der Waals surface area contributed by atoms with Crippen LogP contribution in [0.15, 0.2) is 60.0 Å². The standard InChI is InChI=1S/C24H24N4O4S/c1-30-18-9-7-17(8-10-18)23-26-24(25-15-19-5-4-12-33-19)28(27-23)22(29)14-16-6-11-20(31-2)21(13-16)32-3/h4-13H,14-15H2,1-3H3,(H,25,26,27). The Kier molecular flexibility index (Phi) is 6.89. The number of thiophene rings is 1. The van der Waals surface area contributed by atoms with Crippen LogP contribution in [0.2, 0.25) is 0 Å². The molecule has 0 atom stereocenters. The van der Waals surface area contributed by atoms with Gasteiger partial charge in [-0.25, -0.2) is 0 Å². The molecule has 0 bridgehead atoms. The second-order valence-electron chi connectivity index (χ2n) is 7.09. The second-order valence-corrected chi connectivity index (χ2v) is 8.12. The van der Waals surface area contributed by atoms with Gasteiger partial charge in [0.15, 0.2) is 17.3 Å². The Labute approximate surface area is 195 Å². The Morgan fingerprint density at radius 2 is 1.79 bits per heavy atom. The molecule has 2 heterocycles. The Morgan fingerprint density at radius 3 is 2.45 bits per heavy atom. The smallest absolute Gasteiger partial charge is 0.254 e. The normalized spacial score (nSPS) is 10.6. The van der Waals surface area contributed by atoms with Crippen molar-refractivity contribution in [3.05, 3.63) is 70.4 Å². The molecule has 0 radical (unpaired) electrons. The van der Waals surface area contributed by atoms with Crippen molar-refractivity contribution >= 4 is 23.2 Å². The summed E-state index contributed by atoms with van der Waals surface area (Å²) in [5.41, 5.74) is 1.57. The van der Waals surface area contributed by atoms with Crippen LogP contribution in [0.3, 0.4) is 0 Å². The maximum atomic E-state index is 13.2. The predicted molar refractivity (Wildman–Crippen MR) is 128 cm³/mol. The van der Waals surface area contributed by atoms with Crippen LogP contribution in [0.4, 0.5) is 5.95 Å². The largest absolute Gasteiger partial charge is 0.497 e. The Bertz CT molecular complexity index is 1220. The molecule has 33 heavy (non-hydrogen) atoms. The number of rotatable bonds is 9. The average molecular weight is 465 g/mol. The maximum absolute atomic E-state index is 13.2. The van der Waals surface area contributed by atoms with E-state index in [-0.39, 0.29) is 12.3 Å². The molecule has 0 spiro atoms. The number of anilines is 1. The minimum atomic E-state index is -0.219. The van der Waals surface area contributed by atoms with Crippen molar-refractivity contribution < 1.29 is 19.0 Å². The van der Waals surface area contributed by atoms with Crippen molar-refractivity contribution in [2.45, 2.75) is 13.0 Å². The van der Waals surface area contributed by atoms with E-state index in [4.69, 9.17) is 14.2 Å². The fraction of sp³-hybridized carbons (Fsp3) is 0.208. The highest BCUT2D eigenvalue weighted by Gasteiger charge is 2.19. The van der Waals surface area contributed by atoms with E-state index in [1.807, 2.05) is 47.8 Å². The zero-order valence-electron chi connectivity index (χ0n) is 18.6. The fourth-order valence-corrected chi connectivity index (χ4v) is 3.93. The number of carbonyl (C=O) groups is 1. The first kappa shape index (κ1) is 22.3. The summed E-state index contributed by atoms with van der Waals surface area (Å²) in [5, 5.41) is 9.76. The number of benzene rings is 2. The molecule has 170 valence electrons. The van der Waals surface area contributed by atoms with Crippen LogP contribution >= 0.6 is 11.3 Å². The summed E-state index contributed by atoms with van der Waals surface area (Å²) in [6, 6.07) is 16.8. The third kappa shape index (κ3) is 5.15. The molecule has 2 aromatic carbocycles. The molecule has 2 aromatic heterocycles. The van der Waals surface area contributed by atoms with Gasteiger partial charge in [0.2, 0.25) is 5.95 Å². The molecule has 0 aliphatic heterocycles. The SMILES string of the molecule is COc1ccc(-c2nc(NCc3cccs3)n(C(=O)Cc3ccc(OC)c(OC)c3)n2)cc1. The highest BCUT2D eigenvalue weighted by molar-refractivity contribution is 7.09. The fourth-order valence-electron chi connectivity index (χ4n) is 3.28. The number of hydrogen-bond donors (Lipinski definition) is 1. The molecule has 4 aromatic rings. The van der Waals surface area contributed by atoms with Gasteiger partial charge >= 0.3 is 0 Å². The Hall–Kier alpha value is -3.85. The minimum Gasteiger partial charge on any atom is -0.497 e. The Morgan fingerprint density at radius 1 is 1.00 bits per heavy atom. The van der Waals surface area contributed by atoms with E-state index in [9.17, 15) is 4.79 Å². The molecule has 0 aliphatic carbocycles. The molecule has 0 saturated carbocycles. The van der Waals surface area contributed by atoms with Crippen molar-refractivity contribution in [1.29, 1.82) is 0 Å². The van der Waals surface area contributed by atoms with Gasteiger partial charge in [0, 0.05) is 10.4 Å². The molecule has 4 rings (SSSR count). The third-order valence-electron chi connectivity index (χ3n) is 5.00. The first-order valence-corrected chi connectivity index (χ1v) is 11.1. The van der Waals surface area contributed by atoms with E-state index in [2.05, 4.69) is 15.4 Å². The van der Waals surface area contributed by atoms with Gasteiger partial charge in [-0.3, -0.25) is 4.79 Å². The molecular weight excluding hydrogens is 440 g/mol. The van der Waals surface area contributed by atoms with E-state index in [0.717, 1.165) is 21.8 Å². The van der Waals surface area contributed by atoms with E-state index in [1.165, 1.54) is 4.68 Å². The van der Waals surface area contributed by atoms with Crippen LogP contribution in [0, 0.1) is 0 Å². The second kappa shape index (κ2) is 10.2. The van der Waals surface area contributed by atoms with Crippen molar-refractivity contribution in [1.82, 2.24) is 14.8 Å². The number of nitrogens with one attached hydrogen (secondary N) is 1. The molecule has 9 heteroatoms. The summed E-state index contributed by atoms with van der Waals surface area (Å²) in [7, 11) is 4.75. The monoisotopic (exact) mass is 464 g/mol. The van der Waals surface area contributed by atoms with E-state index in [0.29, 0.717) is 29.8 Å². The number of hydrogen-bond acceptors (Lipinski definition) is 8. The van der Waals surface area contributed by atoms with E-state index >= 15 is 0 Å². The molecule has 1 N–H and O–H groups in total. The molecule has 0 amide bonds. The van der Waals surface area contributed by atoms with Gasteiger partial charge in [0.1, 0.15) is 5.75 Å². The van der Waals surface area contributed by atoms with Crippen LogP contribution in [0.1, 0.15) is 15.2 Å². The van der Waals surface area contributed by atoms with Crippen molar-refractivity contribution in [2.75, 3.05) is 26.6 Å². The first-order chi connectivity index (χ1) is 16.1. The quantitative estimate of drug-likeness (QED) is 0.389. The molecule has 0 saturated heterocycles. The topological polar surface area (TPSA) is 87.5 Å².